The quantitative estimate of drug-likeness (QED) is 0.152. The Morgan fingerprint density at radius 2 is 0.833 bits per heavy atom. The fraction of sp³-hybridized carbons (Fsp3) is 0.700. The zero-order valence-corrected chi connectivity index (χ0v) is 49.4. The molecular formula is C60H94N6O12. The van der Waals surface area contributed by atoms with Crippen molar-refractivity contribution < 1.29 is 57.2 Å². The van der Waals surface area contributed by atoms with E-state index in [1.807, 2.05) is 104 Å². The molecule has 18 nitrogen and oxygen atoms in total. The monoisotopic (exact) mass is 1090 g/mol. The minimum atomic E-state index is -1.34. The van der Waals surface area contributed by atoms with Gasteiger partial charge >= 0.3 is 23.9 Å². The van der Waals surface area contributed by atoms with Crippen molar-refractivity contribution in [2.24, 2.45) is 23.7 Å². The van der Waals surface area contributed by atoms with Crippen molar-refractivity contribution in [3.8, 4) is 0 Å². The average Bonchev–Trinajstić information content (AvgIpc) is 3.40. The Labute approximate surface area is 465 Å². The third kappa shape index (κ3) is 18.7. The minimum Gasteiger partial charge on any atom is -0.460 e. The molecule has 3 heterocycles. The van der Waals surface area contributed by atoms with Crippen LogP contribution < -0.4 is 9.80 Å². The minimum absolute atomic E-state index is 0.0142. The second-order valence-corrected chi connectivity index (χ2v) is 23.6. The van der Waals surface area contributed by atoms with Crippen LogP contribution in [0.5, 0.6) is 0 Å². The summed E-state index contributed by atoms with van der Waals surface area (Å²) in [6.45, 7) is 24.6. The molecule has 0 N–H and O–H groups in total. The zero-order chi connectivity index (χ0) is 57.4. The normalized spacial score (nSPS) is 26.3. The Balaban J connectivity index is 1.57. The zero-order valence-electron chi connectivity index (χ0n) is 49.4. The van der Waals surface area contributed by atoms with Gasteiger partial charge in [-0.1, -0.05) is 85.7 Å². The maximum atomic E-state index is 15.2. The summed E-state index contributed by atoms with van der Waals surface area (Å²) in [6.07, 6.45) is -2.92. The maximum absolute atomic E-state index is 15.2. The highest BCUT2D eigenvalue weighted by atomic mass is 16.6. The lowest BCUT2D eigenvalue weighted by Crippen LogP contribution is -2.53. The van der Waals surface area contributed by atoms with Crippen LogP contribution in [0.15, 0.2) is 48.5 Å². The van der Waals surface area contributed by atoms with Gasteiger partial charge in [-0.05, 0) is 107 Å². The molecule has 0 bridgehead atoms. The predicted molar refractivity (Wildman–Crippen MR) is 301 cm³/mol. The van der Waals surface area contributed by atoms with E-state index in [9.17, 15) is 19.2 Å². The number of anilines is 2. The fourth-order valence-corrected chi connectivity index (χ4v) is 10.6. The number of cyclic esters (lactones) is 4. The SMILES string of the molecule is CC(C)C[C@H]1C(=O)O[C@H](Cc2ccc(N3CCOCC3)cc2)C(=O)N(C)[C@@H](CC(C)C)C(=O)O[C@H](C)CN(C)[C@@H](CC(C)C)C(=O)O[C@H](Cc2ccccc2N2CCOCC2)C(=O)N(C)[C@@H](CC(C)C)C(=O)O[C@H](C)CN1C. The number of likely N-dealkylation sites (N-methyl/N-ethyl adjacent to an activating group) is 4. The van der Waals surface area contributed by atoms with E-state index < -0.39 is 84.3 Å². The van der Waals surface area contributed by atoms with Gasteiger partial charge in [-0.3, -0.25) is 29.0 Å². The molecule has 0 spiro atoms. The van der Waals surface area contributed by atoms with Crippen LogP contribution >= 0.6 is 0 Å². The Kier molecular flexibility index (Phi) is 24.7. The standard InChI is InChI=1S/C60H94N6O12/c1-39(2)31-49-57(69)77-53(35-45-19-21-47(22-20-45)65-23-27-73-28-24-65)55(67)63(13)51(33-41(5)6)59(71)75-44(10)38-62(12)50(32-40(3)4)58(70)78-54(36-46-17-15-16-18-48(46)66-25-29-74-30-26-66)56(68)64(14)52(34-42(7)8)60(72)76-43(9)37-61(49)11/h15-22,39-44,49-54H,23-38H2,1-14H3/t43-,44-,49+,50+,51+,52+,53-,54-/m1/s1. The molecule has 2 aromatic rings. The second-order valence-electron chi connectivity index (χ2n) is 23.6. The summed E-state index contributed by atoms with van der Waals surface area (Å²) >= 11 is 0. The van der Waals surface area contributed by atoms with Gasteiger partial charge in [0, 0.05) is 77.6 Å². The molecule has 0 aromatic heterocycles. The smallest absolute Gasteiger partial charge is 0.329 e. The molecule has 436 valence electrons. The number of para-hydroxylation sites is 1. The Morgan fingerprint density at radius 1 is 0.462 bits per heavy atom. The van der Waals surface area contributed by atoms with Crippen molar-refractivity contribution in [1.29, 1.82) is 0 Å². The second kappa shape index (κ2) is 30.3. The van der Waals surface area contributed by atoms with Crippen LogP contribution in [-0.2, 0) is 70.0 Å². The molecule has 3 aliphatic heterocycles. The van der Waals surface area contributed by atoms with E-state index in [1.54, 1.807) is 51.8 Å². The number of ether oxygens (including phenoxy) is 6. The number of carbonyl (C=O) groups excluding carboxylic acids is 6. The Bertz CT molecular complexity index is 2250. The molecule has 0 unspecified atom stereocenters. The molecule has 3 saturated heterocycles. The molecule has 8 atom stereocenters. The highest BCUT2D eigenvalue weighted by molar-refractivity contribution is 5.90. The van der Waals surface area contributed by atoms with Gasteiger partial charge in [0.2, 0.25) is 0 Å². The van der Waals surface area contributed by atoms with Gasteiger partial charge in [0.15, 0.2) is 12.2 Å². The van der Waals surface area contributed by atoms with Gasteiger partial charge in [0.1, 0.15) is 36.4 Å². The summed E-state index contributed by atoms with van der Waals surface area (Å²) in [5.41, 5.74) is 3.45. The fourth-order valence-electron chi connectivity index (χ4n) is 10.6. The first-order valence-electron chi connectivity index (χ1n) is 28.5. The summed E-state index contributed by atoms with van der Waals surface area (Å²) in [4.78, 5) is 99.5. The lowest BCUT2D eigenvalue weighted by atomic mass is 9.99. The molecule has 3 fully saturated rings. The van der Waals surface area contributed by atoms with Crippen LogP contribution in [0.25, 0.3) is 0 Å². The molecule has 0 radical (unpaired) electrons. The van der Waals surface area contributed by atoms with Gasteiger partial charge in [-0.15, -0.1) is 0 Å². The van der Waals surface area contributed by atoms with E-state index in [4.69, 9.17) is 28.4 Å². The van der Waals surface area contributed by atoms with Crippen LogP contribution in [-0.4, -0.2) is 198 Å². The number of benzene rings is 2. The molecule has 3 aliphatic rings. The third-order valence-electron chi connectivity index (χ3n) is 14.8. The van der Waals surface area contributed by atoms with Crippen LogP contribution in [0.3, 0.4) is 0 Å². The first kappa shape index (κ1) is 63.5. The van der Waals surface area contributed by atoms with Gasteiger partial charge < -0.3 is 48.0 Å². The molecule has 0 saturated carbocycles. The lowest BCUT2D eigenvalue weighted by molar-refractivity contribution is -0.171. The van der Waals surface area contributed by atoms with Crippen molar-refractivity contribution in [3.63, 3.8) is 0 Å². The van der Waals surface area contributed by atoms with E-state index in [2.05, 4.69) is 9.80 Å². The maximum Gasteiger partial charge on any atom is 0.329 e. The van der Waals surface area contributed by atoms with Crippen LogP contribution in [0.4, 0.5) is 11.4 Å². The highest BCUT2D eigenvalue weighted by Crippen LogP contribution is 2.28. The molecule has 2 amide bonds. The molecule has 0 aliphatic carbocycles. The summed E-state index contributed by atoms with van der Waals surface area (Å²) in [5.74, 6) is -3.73. The van der Waals surface area contributed by atoms with Crippen molar-refractivity contribution in [2.45, 2.75) is 156 Å². The summed E-state index contributed by atoms with van der Waals surface area (Å²) in [7, 11) is 6.61. The average molecular weight is 1090 g/mol. The van der Waals surface area contributed by atoms with E-state index in [-0.39, 0.29) is 62.4 Å². The topological polar surface area (TPSA) is 177 Å². The first-order valence-corrected chi connectivity index (χ1v) is 28.5. The summed E-state index contributed by atoms with van der Waals surface area (Å²) in [5, 5.41) is 0. The van der Waals surface area contributed by atoms with Crippen LogP contribution in [0.1, 0.15) is 106 Å². The van der Waals surface area contributed by atoms with Crippen molar-refractivity contribution in [2.75, 3.05) is 104 Å². The number of hydrogen-bond acceptors (Lipinski definition) is 16. The Hall–Kier alpha value is -5.30. The molecule has 18 heteroatoms. The number of carbonyl (C=O) groups is 6. The third-order valence-corrected chi connectivity index (χ3v) is 14.8. The first-order chi connectivity index (χ1) is 36.9. The largest absolute Gasteiger partial charge is 0.460 e. The molecular weight excluding hydrogens is 997 g/mol. The predicted octanol–water partition coefficient (Wildman–Crippen LogP) is 6.28. The molecule has 5 rings (SSSR count). The van der Waals surface area contributed by atoms with Gasteiger partial charge in [0.25, 0.3) is 11.8 Å². The number of amides is 2. The number of nitrogens with zero attached hydrogens (tertiary/aromatic N) is 6. The van der Waals surface area contributed by atoms with Crippen LogP contribution in [0, 0.1) is 23.7 Å². The van der Waals surface area contributed by atoms with Gasteiger partial charge in [-0.2, -0.15) is 0 Å². The van der Waals surface area contributed by atoms with E-state index in [1.165, 1.54) is 9.80 Å². The van der Waals surface area contributed by atoms with E-state index >= 15 is 9.59 Å². The number of morpholine rings is 2. The van der Waals surface area contributed by atoms with Crippen molar-refractivity contribution in [1.82, 2.24) is 19.6 Å². The summed E-state index contributed by atoms with van der Waals surface area (Å²) < 4.78 is 36.4. The summed E-state index contributed by atoms with van der Waals surface area (Å²) in [6, 6.07) is 11.7. The van der Waals surface area contributed by atoms with Crippen molar-refractivity contribution >= 4 is 47.1 Å². The Morgan fingerprint density at radius 3 is 1.26 bits per heavy atom. The van der Waals surface area contributed by atoms with Crippen molar-refractivity contribution in [3.05, 3.63) is 59.7 Å². The van der Waals surface area contributed by atoms with E-state index in [0.717, 1.165) is 35.6 Å². The molecule has 2 aromatic carbocycles. The lowest BCUT2D eigenvalue weighted by Gasteiger charge is -2.36. The highest BCUT2D eigenvalue weighted by Gasteiger charge is 2.41. The number of hydrogen-bond donors (Lipinski definition) is 0. The van der Waals surface area contributed by atoms with Gasteiger partial charge in [-0.25, -0.2) is 9.59 Å². The van der Waals surface area contributed by atoms with Crippen LogP contribution in [0.2, 0.25) is 0 Å². The number of esters is 4. The van der Waals surface area contributed by atoms with Gasteiger partial charge in [0.05, 0.1) is 26.4 Å². The number of rotatable bonds is 14. The molecule has 78 heavy (non-hydrogen) atoms. The van der Waals surface area contributed by atoms with E-state index in [0.29, 0.717) is 52.4 Å².